The Bertz CT molecular complexity index is 356. The third-order valence-electron chi connectivity index (χ3n) is 3.84. The highest BCUT2D eigenvalue weighted by Gasteiger charge is 2.18. The Morgan fingerprint density at radius 1 is 1.21 bits per heavy atom. The Morgan fingerprint density at radius 2 is 1.89 bits per heavy atom. The minimum Gasteiger partial charge on any atom is -0.494 e. The van der Waals surface area contributed by atoms with Crippen molar-refractivity contribution in [2.24, 2.45) is 5.92 Å². The second kappa shape index (κ2) is 7.51. The van der Waals surface area contributed by atoms with Gasteiger partial charge in [0, 0.05) is 6.54 Å². The van der Waals surface area contributed by atoms with E-state index in [0.717, 1.165) is 31.4 Å². The summed E-state index contributed by atoms with van der Waals surface area (Å²) in [6, 6.07) is 8.52. The van der Waals surface area contributed by atoms with E-state index < -0.39 is 0 Å². The Morgan fingerprint density at radius 3 is 2.47 bits per heavy atom. The summed E-state index contributed by atoms with van der Waals surface area (Å²) < 4.78 is 5.47. The van der Waals surface area contributed by atoms with Gasteiger partial charge in [0.15, 0.2) is 0 Å². The van der Waals surface area contributed by atoms with Crippen LogP contribution < -0.4 is 10.1 Å². The monoisotopic (exact) mass is 262 g/mol. The second-order valence-corrected chi connectivity index (χ2v) is 5.35. The highest BCUT2D eigenvalue weighted by molar-refractivity contribution is 5.27. The van der Waals surface area contributed by atoms with Gasteiger partial charge in [-0.15, -0.1) is 0 Å². The smallest absolute Gasteiger partial charge is 0.119 e. The number of piperidine rings is 1. The number of likely N-dealkylation sites (tertiary alicyclic amines) is 1. The van der Waals surface area contributed by atoms with E-state index in [9.17, 15) is 0 Å². The maximum Gasteiger partial charge on any atom is 0.119 e. The molecule has 0 amide bonds. The summed E-state index contributed by atoms with van der Waals surface area (Å²) in [6.45, 7) is 7.43. The first-order chi connectivity index (χ1) is 9.31. The summed E-state index contributed by atoms with van der Waals surface area (Å²) in [5.74, 6) is 1.83. The Hall–Kier alpha value is -1.06. The predicted octanol–water partition coefficient (Wildman–Crippen LogP) is 2.52. The SMILES string of the molecule is CCOc1ccc(CN2CCC(CNC)CC2)cc1. The van der Waals surface area contributed by atoms with E-state index in [0.29, 0.717) is 0 Å². The molecule has 2 rings (SSSR count). The highest BCUT2D eigenvalue weighted by Crippen LogP contribution is 2.19. The molecule has 1 aliphatic heterocycles. The van der Waals surface area contributed by atoms with Gasteiger partial charge in [0.05, 0.1) is 6.61 Å². The van der Waals surface area contributed by atoms with Gasteiger partial charge in [-0.2, -0.15) is 0 Å². The highest BCUT2D eigenvalue weighted by atomic mass is 16.5. The number of rotatable bonds is 6. The molecule has 0 aromatic heterocycles. The topological polar surface area (TPSA) is 24.5 Å². The lowest BCUT2D eigenvalue weighted by atomic mass is 9.96. The van der Waals surface area contributed by atoms with Gasteiger partial charge in [-0.3, -0.25) is 4.90 Å². The van der Waals surface area contributed by atoms with Crippen LogP contribution in [-0.4, -0.2) is 38.2 Å². The van der Waals surface area contributed by atoms with Gasteiger partial charge in [0.25, 0.3) is 0 Å². The third kappa shape index (κ3) is 4.51. The van der Waals surface area contributed by atoms with Crippen LogP contribution in [0.2, 0.25) is 0 Å². The molecule has 1 aromatic carbocycles. The lowest BCUT2D eigenvalue weighted by Gasteiger charge is -2.31. The fourth-order valence-corrected chi connectivity index (χ4v) is 2.75. The second-order valence-electron chi connectivity index (χ2n) is 5.35. The summed E-state index contributed by atoms with van der Waals surface area (Å²) in [7, 11) is 2.05. The minimum absolute atomic E-state index is 0.734. The van der Waals surface area contributed by atoms with E-state index in [2.05, 4.69) is 34.5 Å². The molecule has 0 saturated carbocycles. The van der Waals surface area contributed by atoms with Gasteiger partial charge in [0.1, 0.15) is 5.75 Å². The van der Waals surface area contributed by atoms with Crippen LogP contribution in [0.1, 0.15) is 25.3 Å². The molecule has 19 heavy (non-hydrogen) atoms. The summed E-state index contributed by atoms with van der Waals surface area (Å²) in [4.78, 5) is 2.56. The summed E-state index contributed by atoms with van der Waals surface area (Å²) in [5, 5.41) is 3.29. The molecule has 1 fully saturated rings. The van der Waals surface area contributed by atoms with Gasteiger partial charge >= 0.3 is 0 Å². The van der Waals surface area contributed by atoms with E-state index in [1.165, 1.54) is 31.5 Å². The van der Waals surface area contributed by atoms with Crippen molar-refractivity contribution in [2.75, 3.05) is 33.3 Å². The van der Waals surface area contributed by atoms with E-state index in [4.69, 9.17) is 4.74 Å². The number of benzene rings is 1. The van der Waals surface area contributed by atoms with E-state index in [1.54, 1.807) is 0 Å². The van der Waals surface area contributed by atoms with Crippen molar-refractivity contribution in [1.29, 1.82) is 0 Å². The van der Waals surface area contributed by atoms with Crippen molar-refractivity contribution in [3.8, 4) is 5.75 Å². The fraction of sp³-hybridized carbons (Fsp3) is 0.625. The first kappa shape index (κ1) is 14.4. The van der Waals surface area contributed by atoms with E-state index in [-0.39, 0.29) is 0 Å². The molecule has 1 saturated heterocycles. The lowest BCUT2D eigenvalue weighted by Crippen LogP contribution is -2.36. The van der Waals surface area contributed by atoms with Gasteiger partial charge in [-0.25, -0.2) is 0 Å². The van der Waals surface area contributed by atoms with Gasteiger partial charge < -0.3 is 10.1 Å². The standard InChI is InChI=1S/C16H26N2O/c1-3-19-16-6-4-15(5-7-16)13-18-10-8-14(9-11-18)12-17-2/h4-7,14,17H,3,8-13H2,1-2H3. The summed E-state index contributed by atoms with van der Waals surface area (Å²) in [5.41, 5.74) is 1.38. The zero-order valence-electron chi connectivity index (χ0n) is 12.2. The molecule has 1 aromatic rings. The molecule has 0 radical (unpaired) electrons. The van der Waals surface area contributed by atoms with E-state index in [1.807, 2.05) is 14.0 Å². The van der Waals surface area contributed by atoms with Gasteiger partial charge in [-0.1, -0.05) is 12.1 Å². The third-order valence-corrected chi connectivity index (χ3v) is 3.84. The maximum atomic E-state index is 5.47. The van der Waals surface area contributed by atoms with Crippen molar-refractivity contribution in [2.45, 2.75) is 26.3 Å². The number of hydrogen-bond donors (Lipinski definition) is 1. The molecule has 0 unspecified atom stereocenters. The molecule has 3 heteroatoms. The van der Waals surface area contributed by atoms with Crippen molar-refractivity contribution in [3.63, 3.8) is 0 Å². The molecule has 0 bridgehead atoms. The van der Waals surface area contributed by atoms with Crippen LogP contribution in [0.4, 0.5) is 0 Å². The summed E-state index contributed by atoms with van der Waals surface area (Å²) >= 11 is 0. The molecule has 0 spiro atoms. The van der Waals surface area contributed by atoms with Crippen molar-refractivity contribution < 1.29 is 4.74 Å². The molecule has 0 atom stereocenters. The molecule has 3 nitrogen and oxygen atoms in total. The molecule has 1 aliphatic rings. The van der Waals surface area contributed by atoms with Crippen molar-refractivity contribution in [3.05, 3.63) is 29.8 Å². The number of hydrogen-bond acceptors (Lipinski definition) is 3. The molecule has 106 valence electrons. The Labute approximate surface area is 116 Å². The Kier molecular flexibility index (Phi) is 5.67. The average Bonchev–Trinajstić information content (AvgIpc) is 2.44. The van der Waals surface area contributed by atoms with E-state index >= 15 is 0 Å². The zero-order chi connectivity index (χ0) is 13.5. The lowest BCUT2D eigenvalue weighted by molar-refractivity contribution is 0.176. The van der Waals surface area contributed by atoms with Crippen LogP contribution in [0.25, 0.3) is 0 Å². The number of nitrogens with zero attached hydrogens (tertiary/aromatic N) is 1. The van der Waals surface area contributed by atoms with Crippen molar-refractivity contribution >= 4 is 0 Å². The summed E-state index contributed by atoms with van der Waals surface area (Å²) in [6.07, 6.45) is 2.63. The molecule has 1 heterocycles. The van der Waals surface area contributed by atoms with Crippen LogP contribution in [-0.2, 0) is 6.54 Å². The quantitative estimate of drug-likeness (QED) is 0.852. The first-order valence-electron chi connectivity index (χ1n) is 7.40. The Balaban J connectivity index is 1.78. The van der Waals surface area contributed by atoms with Crippen LogP contribution in [0, 0.1) is 5.92 Å². The van der Waals surface area contributed by atoms with Crippen LogP contribution in [0.3, 0.4) is 0 Å². The first-order valence-corrected chi connectivity index (χ1v) is 7.40. The van der Waals surface area contributed by atoms with Gasteiger partial charge in [0.2, 0.25) is 0 Å². The predicted molar refractivity (Wildman–Crippen MR) is 79.5 cm³/mol. The van der Waals surface area contributed by atoms with Gasteiger partial charge in [-0.05, 0) is 70.1 Å². The van der Waals surface area contributed by atoms with Crippen LogP contribution in [0.15, 0.2) is 24.3 Å². The zero-order valence-corrected chi connectivity index (χ0v) is 12.2. The fourth-order valence-electron chi connectivity index (χ4n) is 2.75. The normalized spacial score (nSPS) is 17.6. The number of nitrogens with one attached hydrogen (secondary N) is 1. The molecule has 0 aliphatic carbocycles. The average molecular weight is 262 g/mol. The molecular formula is C16H26N2O. The van der Waals surface area contributed by atoms with Crippen LogP contribution in [0.5, 0.6) is 5.75 Å². The number of ether oxygens (including phenoxy) is 1. The largest absolute Gasteiger partial charge is 0.494 e. The maximum absolute atomic E-state index is 5.47. The van der Waals surface area contributed by atoms with Crippen LogP contribution >= 0.6 is 0 Å². The molecular weight excluding hydrogens is 236 g/mol. The van der Waals surface area contributed by atoms with Crippen molar-refractivity contribution in [1.82, 2.24) is 10.2 Å². The minimum atomic E-state index is 0.734. The molecule has 1 N–H and O–H groups in total.